The van der Waals surface area contributed by atoms with Crippen molar-refractivity contribution in [2.24, 2.45) is 0 Å². The van der Waals surface area contributed by atoms with E-state index in [0.29, 0.717) is 0 Å². The van der Waals surface area contributed by atoms with E-state index in [0.717, 1.165) is 17.7 Å². The summed E-state index contributed by atoms with van der Waals surface area (Å²) >= 11 is 0. The molecule has 0 aliphatic rings. The monoisotopic (exact) mass is 286 g/mol. The van der Waals surface area contributed by atoms with E-state index in [1.54, 1.807) is 6.92 Å². The van der Waals surface area contributed by atoms with Crippen molar-refractivity contribution in [3.63, 3.8) is 0 Å². The largest absolute Gasteiger partial charge is 0.331 e. The first-order chi connectivity index (χ1) is 8.15. The molecule has 18 heavy (non-hydrogen) atoms. The third-order valence-corrected chi connectivity index (χ3v) is 3.31. The number of hydrogen-bond donors (Lipinski definition) is 0. The Labute approximate surface area is 102 Å². The van der Waals surface area contributed by atoms with Crippen molar-refractivity contribution < 1.29 is 30.2 Å². The fraction of sp³-hybridized carbons (Fsp3) is 0.400. The van der Waals surface area contributed by atoms with Crippen LogP contribution >= 0.6 is 0 Å². The molecule has 0 atom stereocenters. The maximum atomic E-state index is 12.5. The Kier molecular flexibility index (Phi) is 4.33. The molecule has 0 saturated carbocycles. The Balaban J connectivity index is 2.81. The smallest absolute Gasteiger partial charge is 0.260 e. The molecule has 3 nitrogen and oxygen atoms in total. The van der Waals surface area contributed by atoms with Crippen LogP contribution in [0.15, 0.2) is 29.2 Å². The molecule has 0 bridgehead atoms. The van der Waals surface area contributed by atoms with Gasteiger partial charge in [-0.25, -0.2) is 8.78 Å². The first-order valence-corrected chi connectivity index (χ1v) is 6.18. The second-order valence-corrected chi connectivity index (χ2v) is 5.21. The molecule has 0 radical (unpaired) electrons. The van der Waals surface area contributed by atoms with Crippen molar-refractivity contribution in [2.75, 3.05) is 6.61 Å². The van der Waals surface area contributed by atoms with Gasteiger partial charge in [-0.05, 0) is 19.1 Å². The van der Waals surface area contributed by atoms with Gasteiger partial charge in [0.05, 0.1) is 4.90 Å². The van der Waals surface area contributed by atoms with Crippen LogP contribution in [0.25, 0.3) is 0 Å². The minimum atomic E-state index is -4.50. The van der Waals surface area contributed by atoms with Crippen LogP contribution in [0.2, 0.25) is 0 Å². The molecule has 0 saturated heterocycles. The van der Waals surface area contributed by atoms with Gasteiger partial charge in [0.25, 0.3) is 10.1 Å². The second kappa shape index (κ2) is 5.23. The van der Waals surface area contributed by atoms with Crippen LogP contribution in [0.1, 0.15) is 5.56 Å². The predicted molar refractivity (Wildman–Crippen MR) is 55.3 cm³/mol. The standard InChI is InChI=1S/C10H10F4O3S/c1-7-2-4-8(5-3-7)18(15,16)17-6-10(13,14)9(11)12/h2-5,9H,6H2,1H3. The van der Waals surface area contributed by atoms with Crippen molar-refractivity contribution in [2.45, 2.75) is 24.2 Å². The summed E-state index contributed by atoms with van der Waals surface area (Å²) < 4.78 is 75.4. The van der Waals surface area contributed by atoms with Crippen LogP contribution in [0.3, 0.4) is 0 Å². The molecular weight excluding hydrogens is 276 g/mol. The zero-order valence-electron chi connectivity index (χ0n) is 9.24. The molecular formula is C10H10F4O3S. The van der Waals surface area contributed by atoms with Gasteiger partial charge >= 0.3 is 12.3 Å². The lowest BCUT2D eigenvalue weighted by Gasteiger charge is -2.14. The minimum absolute atomic E-state index is 0.363. The van der Waals surface area contributed by atoms with Gasteiger partial charge in [-0.1, -0.05) is 17.7 Å². The van der Waals surface area contributed by atoms with Crippen molar-refractivity contribution in [1.82, 2.24) is 0 Å². The third kappa shape index (κ3) is 3.67. The van der Waals surface area contributed by atoms with Crippen LogP contribution in [-0.4, -0.2) is 27.4 Å². The summed E-state index contributed by atoms with van der Waals surface area (Å²) in [5.74, 6) is -4.50. The summed E-state index contributed by atoms with van der Waals surface area (Å²) in [6.07, 6.45) is -3.98. The summed E-state index contributed by atoms with van der Waals surface area (Å²) in [4.78, 5) is -0.363. The molecule has 102 valence electrons. The summed E-state index contributed by atoms with van der Waals surface area (Å²) in [7, 11) is -4.46. The summed E-state index contributed by atoms with van der Waals surface area (Å²) in [6, 6.07) is 5.15. The highest BCUT2D eigenvalue weighted by Gasteiger charge is 2.42. The lowest BCUT2D eigenvalue weighted by Crippen LogP contribution is -2.33. The minimum Gasteiger partial charge on any atom is -0.260 e. The van der Waals surface area contributed by atoms with Gasteiger partial charge < -0.3 is 0 Å². The lowest BCUT2D eigenvalue weighted by atomic mass is 10.2. The molecule has 0 N–H and O–H groups in total. The molecule has 0 aromatic heterocycles. The highest BCUT2D eigenvalue weighted by molar-refractivity contribution is 7.86. The van der Waals surface area contributed by atoms with E-state index < -0.39 is 29.1 Å². The molecule has 0 fully saturated rings. The van der Waals surface area contributed by atoms with Crippen LogP contribution in [-0.2, 0) is 14.3 Å². The van der Waals surface area contributed by atoms with Crippen LogP contribution in [0.4, 0.5) is 17.6 Å². The van der Waals surface area contributed by atoms with Crippen molar-refractivity contribution >= 4 is 10.1 Å². The Bertz CT molecular complexity index is 496. The molecule has 0 amide bonds. The van der Waals surface area contributed by atoms with Gasteiger partial charge in [-0.2, -0.15) is 17.2 Å². The molecule has 8 heteroatoms. The first-order valence-electron chi connectivity index (χ1n) is 4.77. The van der Waals surface area contributed by atoms with Crippen LogP contribution in [0, 0.1) is 6.92 Å². The van der Waals surface area contributed by atoms with E-state index >= 15 is 0 Å². The van der Waals surface area contributed by atoms with Gasteiger partial charge in [0.15, 0.2) is 0 Å². The van der Waals surface area contributed by atoms with E-state index in [4.69, 9.17) is 0 Å². The number of hydrogen-bond acceptors (Lipinski definition) is 3. The zero-order chi connectivity index (χ0) is 14.0. The molecule has 0 aliphatic heterocycles. The van der Waals surface area contributed by atoms with E-state index in [-0.39, 0.29) is 4.90 Å². The topological polar surface area (TPSA) is 43.4 Å². The summed E-state index contributed by atoms with van der Waals surface area (Å²) in [5.41, 5.74) is 0.756. The molecule has 0 unspecified atom stereocenters. The maximum Gasteiger partial charge on any atom is 0.331 e. The van der Waals surface area contributed by atoms with Crippen molar-refractivity contribution in [3.05, 3.63) is 29.8 Å². The third-order valence-electron chi connectivity index (χ3n) is 2.04. The molecule has 1 aromatic rings. The molecule has 0 spiro atoms. The number of halogens is 4. The Morgan fingerprint density at radius 2 is 1.72 bits per heavy atom. The maximum absolute atomic E-state index is 12.5. The fourth-order valence-corrected chi connectivity index (χ4v) is 1.91. The second-order valence-electron chi connectivity index (χ2n) is 3.59. The first kappa shape index (κ1) is 14.9. The van der Waals surface area contributed by atoms with E-state index in [1.165, 1.54) is 12.1 Å². The molecule has 0 heterocycles. The predicted octanol–water partition coefficient (Wildman–Crippen LogP) is 2.60. The quantitative estimate of drug-likeness (QED) is 0.617. The van der Waals surface area contributed by atoms with Gasteiger partial charge in [0.1, 0.15) is 6.61 Å². The van der Waals surface area contributed by atoms with Crippen molar-refractivity contribution in [3.8, 4) is 0 Å². The summed E-state index contributed by atoms with van der Waals surface area (Å²) in [6.45, 7) is -0.191. The molecule has 1 rings (SSSR count). The number of rotatable bonds is 5. The SMILES string of the molecule is Cc1ccc(S(=O)(=O)OCC(F)(F)C(F)F)cc1. The van der Waals surface area contributed by atoms with Gasteiger partial charge in [-0.3, -0.25) is 4.18 Å². The molecule has 1 aromatic carbocycles. The lowest BCUT2D eigenvalue weighted by molar-refractivity contribution is -0.147. The van der Waals surface area contributed by atoms with Crippen molar-refractivity contribution in [1.29, 1.82) is 0 Å². The van der Waals surface area contributed by atoms with E-state index in [2.05, 4.69) is 4.18 Å². The zero-order valence-corrected chi connectivity index (χ0v) is 10.1. The highest BCUT2D eigenvalue weighted by Crippen LogP contribution is 2.25. The van der Waals surface area contributed by atoms with Crippen LogP contribution < -0.4 is 0 Å². The highest BCUT2D eigenvalue weighted by atomic mass is 32.2. The van der Waals surface area contributed by atoms with Gasteiger partial charge in [0.2, 0.25) is 0 Å². The summed E-state index contributed by atoms with van der Waals surface area (Å²) in [5, 5.41) is 0. The van der Waals surface area contributed by atoms with E-state index in [9.17, 15) is 26.0 Å². The Morgan fingerprint density at radius 3 is 2.17 bits per heavy atom. The number of alkyl halides is 4. The Morgan fingerprint density at radius 1 is 1.22 bits per heavy atom. The number of aryl methyl sites for hydroxylation is 1. The number of benzene rings is 1. The Hall–Kier alpha value is -1.15. The van der Waals surface area contributed by atoms with Crippen LogP contribution in [0.5, 0.6) is 0 Å². The van der Waals surface area contributed by atoms with Gasteiger partial charge in [-0.15, -0.1) is 0 Å². The average molecular weight is 286 g/mol. The fourth-order valence-electron chi connectivity index (χ4n) is 0.992. The van der Waals surface area contributed by atoms with E-state index in [1.807, 2.05) is 0 Å². The van der Waals surface area contributed by atoms with Gasteiger partial charge in [0, 0.05) is 0 Å². The average Bonchev–Trinajstić information content (AvgIpc) is 2.27. The normalized spacial score (nSPS) is 13.0. The molecule has 0 aliphatic carbocycles.